The Hall–Kier alpha value is -1.51. The highest BCUT2D eigenvalue weighted by atomic mass is 16.6. The van der Waals surface area contributed by atoms with Crippen LogP contribution < -0.4 is 0 Å². The van der Waals surface area contributed by atoms with Crippen LogP contribution in [0.15, 0.2) is 24.3 Å². The summed E-state index contributed by atoms with van der Waals surface area (Å²) in [5.41, 5.74) is 2.70. The molecule has 0 saturated carbocycles. The molecule has 1 saturated heterocycles. The lowest BCUT2D eigenvalue weighted by Gasteiger charge is -2.31. The van der Waals surface area contributed by atoms with Crippen LogP contribution in [-0.2, 0) is 11.2 Å². The quantitative estimate of drug-likeness (QED) is 0.723. The molecule has 1 heterocycles. The summed E-state index contributed by atoms with van der Waals surface area (Å²) in [5.74, 6) is 0. The molecule has 1 aromatic rings. The Morgan fingerprint density at radius 2 is 2.19 bits per heavy atom. The Morgan fingerprint density at radius 1 is 1.31 bits per heavy atom. The molecule has 3 heteroatoms. The van der Waals surface area contributed by atoms with E-state index < -0.39 is 0 Å². The highest BCUT2D eigenvalue weighted by molar-refractivity contribution is 5.70. The van der Waals surface area contributed by atoms with Crippen LogP contribution in [-0.4, -0.2) is 24.1 Å². The van der Waals surface area contributed by atoms with Crippen molar-refractivity contribution in [2.75, 3.05) is 13.2 Å². The maximum Gasteiger partial charge on any atom is 0.410 e. The van der Waals surface area contributed by atoms with Gasteiger partial charge in [0.2, 0.25) is 0 Å². The van der Waals surface area contributed by atoms with Crippen molar-refractivity contribution in [2.24, 2.45) is 0 Å². The number of carbonyl (C=O) groups is 1. The summed E-state index contributed by atoms with van der Waals surface area (Å²) in [4.78, 5) is 13.5. The molecule has 1 aliphatic heterocycles. The van der Waals surface area contributed by atoms with Gasteiger partial charge in [-0.2, -0.15) is 0 Å². The normalized spacial score (nSPS) is 24.1. The monoisotopic (exact) mass is 217 g/mol. The molecule has 1 aliphatic carbocycles. The van der Waals surface area contributed by atoms with Crippen molar-refractivity contribution >= 4 is 6.09 Å². The van der Waals surface area contributed by atoms with Gasteiger partial charge in [0.05, 0.1) is 12.6 Å². The maximum atomic E-state index is 11.6. The molecule has 1 aromatic carbocycles. The summed E-state index contributed by atoms with van der Waals surface area (Å²) in [6.45, 7) is 1.27. The lowest BCUT2D eigenvalue weighted by Crippen LogP contribution is -2.31. The fraction of sp³-hybridized carbons (Fsp3) is 0.462. The Bertz CT molecular complexity index is 416. The molecule has 0 radical (unpaired) electrons. The lowest BCUT2D eigenvalue weighted by atomic mass is 9.87. The molecule has 0 aromatic heterocycles. The summed E-state index contributed by atoms with van der Waals surface area (Å²) in [5, 5.41) is 0. The van der Waals surface area contributed by atoms with Crippen LogP contribution in [0.2, 0.25) is 0 Å². The minimum atomic E-state index is -0.151. The standard InChI is InChI=1S/C13H15NO2/c15-13-14(8-9-16-13)12-7-3-5-10-4-1-2-6-11(10)12/h1-2,4,6,12H,3,5,7-9H2. The van der Waals surface area contributed by atoms with Crippen molar-refractivity contribution in [3.63, 3.8) is 0 Å². The van der Waals surface area contributed by atoms with Gasteiger partial charge in [-0.25, -0.2) is 4.79 Å². The number of hydrogen-bond acceptors (Lipinski definition) is 2. The van der Waals surface area contributed by atoms with Crippen LogP contribution in [0.3, 0.4) is 0 Å². The second-order valence-corrected chi connectivity index (χ2v) is 4.41. The number of nitrogens with zero attached hydrogens (tertiary/aromatic N) is 1. The second kappa shape index (κ2) is 3.81. The van der Waals surface area contributed by atoms with Crippen molar-refractivity contribution in [1.29, 1.82) is 0 Å². The predicted octanol–water partition coefficient (Wildman–Crippen LogP) is 2.52. The molecule has 0 bridgehead atoms. The highest BCUT2D eigenvalue weighted by Crippen LogP contribution is 2.35. The predicted molar refractivity (Wildman–Crippen MR) is 60.2 cm³/mol. The van der Waals surface area contributed by atoms with E-state index in [2.05, 4.69) is 24.3 Å². The first-order valence-electron chi connectivity index (χ1n) is 5.87. The zero-order chi connectivity index (χ0) is 11.0. The van der Waals surface area contributed by atoms with Crippen molar-refractivity contribution in [1.82, 2.24) is 4.90 Å². The van der Waals surface area contributed by atoms with Crippen molar-refractivity contribution in [3.8, 4) is 0 Å². The van der Waals surface area contributed by atoms with E-state index in [4.69, 9.17) is 4.74 Å². The molecule has 1 atom stereocenters. The minimum absolute atomic E-state index is 0.151. The maximum absolute atomic E-state index is 11.6. The zero-order valence-corrected chi connectivity index (χ0v) is 9.19. The van der Waals surface area contributed by atoms with E-state index >= 15 is 0 Å². The molecule has 16 heavy (non-hydrogen) atoms. The lowest BCUT2D eigenvalue weighted by molar-refractivity contribution is 0.144. The van der Waals surface area contributed by atoms with Crippen LogP contribution >= 0.6 is 0 Å². The molecule has 0 N–H and O–H groups in total. The van der Waals surface area contributed by atoms with Crippen LogP contribution in [0.25, 0.3) is 0 Å². The minimum Gasteiger partial charge on any atom is -0.448 e. The Kier molecular flexibility index (Phi) is 2.31. The molecule has 3 nitrogen and oxygen atoms in total. The third-order valence-corrected chi connectivity index (χ3v) is 3.51. The van der Waals surface area contributed by atoms with Gasteiger partial charge in [0.1, 0.15) is 6.61 Å². The van der Waals surface area contributed by atoms with Crippen LogP contribution in [0, 0.1) is 0 Å². The summed E-state index contributed by atoms with van der Waals surface area (Å²) in [6, 6.07) is 8.68. The van der Waals surface area contributed by atoms with Crippen LogP contribution in [0.5, 0.6) is 0 Å². The first kappa shape index (κ1) is 9.70. The number of carbonyl (C=O) groups excluding carboxylic acids is 1. The molecule has 2 aliphatic rings. The van der Waals surface area contributed by atoms with Gasteiger partial charge in [0, 0.05) is 0 Å². The van der Waals surface area contributed by atoms with E-state index in [9.17, 15) is 4.79 Å². The summed E-state index contributed by atoms with van der Waals surface area (Å²) < 4.78 is 5.02. The Balaban J connectivity index is 1.95. The van der Waals surface area contributed by atoms with Gasteiger partial charge in [-0.3, -0.25) is 4.90 Å². The first-order chi connectivity index (χ1) is 7.86. The van der Waals surface area contributed by atoms with E-state index in [0.29, 0.717) is 6.61 Å². The Morgan fingerprint density at radius 3 is 3.00 bits per heavy atom. The largest absolute Gasteiger partial charge is 0.448 e. The smallest absolute Gasteiger partial charge is 0.410 e. The summed E-state index contributed by atoms with van der Waals surface area (Å²) in [7, 11) is 0. The molecule has 1 amide bonds. The number of hydrogen-bond donors (Lipinski definition) is 0. The summed E-state index contributed by atoms with van der Waals surface area (Å²) >= 11 is 0. The number of aryl methyl sites for hydroxylation is 1. The molecule has 3 rings (SSSR count). The van der Waals surface area contributed by atoms with Crippen molar-refractivity contribution in [3.05, 3.63) is 35.4 Å². The van der Waals surface area contributed by atoms with E-state index in [-0.39, 0.29) is 12.1 Å². The number of benzene rings is 1. The van der Waals surface area contributed by atoms with Gasteiger partial charge >= 0.3 is 6.09 Å². The van der Waals surface area contributed by atoms with Crippen molar-refractivity contribution in [2.45, 2.75) is 25.3 Å². The summed E-state index contributed by atoms with van der Waals surface area (Å²) in [6.07, 6.45) is 3.20. The van der Waals surface area contributed by atoms with Crippen LogP contribution in [0.4, 0.5) is 4.79 Å². The van der Waals surface area contributed by atoms with Gasteiger partial charge in [0.15, 0.2) is 0 Å². The van der Waals surface area contributed by atoms with E-state index in [1.165, 1.54) is 11.1 Å². The number of amides is 1. The molecular formula is C13H15NO2. The third kappa shape index (κ3) is 1.47. The third-order valence-electron chi connectivity index (χ3n) is 3.51. The molecule has 1 unspecified atom stereocenters. The fourth-order valence-electron chi connectivity index (χ4n) is 2.74. The number of cyclic esters (lactones) is 1. The fourth-order valence-corrected chi connectivity index (χ4v) is 2.74. The van der Waals surface area contributed by atoms with E-state index in [0.717, 1.165) is 25.8 Å². The van der Waals surface area contributed by atoms with Crippen LogP contribution in [0.1, 0.15) is 30.0 Å². The van der Waals surface area contributed by atoms with E-state index in [1.54, 1.807) is 0 Å². The first-order valence-corrected chi connectivity index (χ1v) is 5.87. The molecular weight excluding hydrogens is 202 g/mol. The van der Waals surface area contributed by atoms with E-state index in [1.807, 2.05) is 4.90 Å². The zero-order valence-electron chi connectivity index (χ0n) is 9.19. The van der Waals surface area contributed by atoms with Gasteiger partial charge in [0.25, 0.3) is 0 Å². The highest BCUT2D eigenvalue weighted by Gasteiger charge is 2.33. The van der Waals surface area contributed by atoms with Crippen molar-refractivity contribution < 1.29 is 9.53 Å². The number of ether oxygens (including phenoxy) is 1. The molecule has 1 fully saturated rings. The topological polar surface area (TPSA) is 29.5 Å². The number of rotatable bonds is 1. The molecule has 84 valence electrons. The van der Waals surface area contributed by atoms with Gasteiger partial charge in [-0.15, -0.1) is 0 Å². The van der Waals surface area contributed by atoms with Gasteiger partial charge in [-0.05, 0) is 30.4 Å². The average Bonchev–Trinajstić information content (AvgIpc) is 2.75. The Labute approximate surface area is 95.0 Å². The SMILES string of the molecule is O=C1OCCN1C1CCCc2ccccc21. The molecule has 0 spiro atoms. The van der Waals surface area contributed by atoms with Gasteiger partial charge < -0.3 is 4.74 Å². The second-order valence-electron chi connectivity index (χ2n) is 4.41. The number of fused-ring (bicyclic) bond motifs is 1. The average molecular weight is 217 g/mol. The van der Waals surface area contributed by atoms with Gasteiger partial charge in [-0.1, -0.05) is 24.3 Å².